The summed E-state index contributed by atoms with van der Waals surface area (Å²) in [5.41, 5.74) is 2.59. The van der Waals surface area contributed by atoms with Gasteiger partial charge in [-0.25, -0.2) is 4.79 Å². The maximum atomic E-state index is 13.8. The van der Waals surface area contributed by atoms with Crippen molar-refractivity contribution in [1.29, 1.82) is 0 Å². The number of likely N-dealkylation sites (N-methyl/N-ethyl adjacent to an activating group) is 1. The Balaban J connectivity index is 1.37. The predicted molar refractivity (Wildman–Crippen MR) is 202 cm³/mol. The summed E-state index contributed by atoms with van der Waals surface area (Å²) in [4.78, 5) is 45.8. The molecule has 2 fully saturated rings. The number of non-ortho nitro benzene ring substituents is 1. The minimum atomic E-state index is -1.92. The van der Waals surface area contributed by atoms with E-state index in [4.69, 9.17) is 9.57 Å². The molecule has 1 saturated heterocycles. The highest BCUT2D eigenvalue weighted by atomic mass is 16.6. The molecule has 298 valence electrons. The second-order valence-electron chi connectivity index (χ2n) is 15.1. The first-order valence-electron chi connectivity index (χ1n) is 19.4. The first kappa shape index (κ1) is 39.9. The van der Waals surface area contributed by atoms with E-state index in [1.54, 1.807) is 36.2 Å². The van der Waals surface area contributed by atoms with Gasteiger partial charge in [-0.2, -0.15) is 0 Å². The number of nitrogens with one attached hydrogen (secondary N) is 1. The Morgan fingerprint density at radius 2 is 1.85 bits per heavy atom. The Morgan fingerprint density at radius 1 is 1.11 bits per heavy atom. The van der Waals surface area contributed by atoms with Crippen molar-refractivity contribution in [2.45, 2.75) is 88.6 Å². The number of unbranched alkanes of at least 4 members (excludes halogenated alkanes) is 2. The summed E-state index contributed by atoms with van der Waals surface area (Å²) in [6.45, 7) is 1.70. The molecule has 2 aromatic rings. The third-order valence-corrected chi connectivity index (χ3v) is 11.7. The van der Waals surface area contributed by atoms with Crippen LogP contribution in [0.1, 0.15) is 81.3 Å². The zero-order valence-corrected chi connectivity index (χ0v) is 31.3. The number of likely N-dealkylation sites (tertiary alicyclic amines) is 1. The molecular weight excluding hydrogens is 710 g/mol. The number of nitrogens with zero attached hydrogens (tertiary/aromatic N) is 4. The molecule has 55 heavy (non-hydrogen) atoms. The van der Waals surface area contributed by atoms with Crippen molar-refractivity contribution in [1.82, 2.24) is 15.1 Å². The topological polar surface area (TPSA) is 208 Å². The van der Waals surface area contributed by atoms with Crippen molar-refractivity contribution in [3.05, 3.63) is 75.4 Å². The molecule has 4 aliphatic rings. The average Bonchev–Trinajstić information content (AvgIpc) is 3.59. The van der Waals surface area contributed by atoms with Crippen LogP contribution in [-0.4, -0.2) is 105 Å². The molecule has 2 aliphatic heterocycles. The smallest absolute Gasteiger partial charge is 0.317 e. The maximum Gasteiger partial charge on any atom is 0.317 e. The monoisotopic (exact) mass is 763 g/mol. The Labute approximate surface area is 320 Å². The Morgan fingerprint density at radius 3 is 2.55 bits per heavy atom. The van der Waals surface area contributed by atoms with Crippen molar-refractivity contribution in [2.24, 2.45) is 22.9 Å². The number of hydrogen-bond donors (Lipinski definition) is 5. The minimum absolute atomic E-state index is 0.0148. The van der Waals surface area contributed by atoms with E-state index >= 15 is 0 Å². The molecule has 0 unspecified atom stereocenters. The molecule has 0 radical (unpaired) electrons. The van der Waals surface area contributed by atoms with Gasteiger partial charge < -0.3 is 45.1 Å². The van der Waals surface area contributed by atoms with E-state index in [9.17, 15) is 40.1 Å². The largest absolute Gasteiger partial charge is 0.508 e. The molecule has 2 heterocycles. The third-order valence-electron chi connectivity index (χ3n) is 11.7. The van der Waals surface area contributed by atoms with Gasteiger partial charge in [0.25, 0.3) is 5.69 Å². The van der Waals surface area contributed by atoms with E-state index in [2.05, 4.69) is 16.5 Å². The molecule has 0 bridgehead atoms. The number of oxime groups is 1. The highest BCUT2D eigenvalue weighted by Gasteiger charge is 2.63. The second-order valence-corrected chi connectivity index (χ2v) is 15.1. The van der Waals surface area contributed by atoms with Crippen LogP contribution < -0.4 is 10.1 Å². The van der Waals surface area contributed by atoms with Gasteiger partial charge in [0.15, 0.2) is 0 Å². The fourth-order valence-corrected chi connectivity index (χ4v) is 8.93. The van der Waals surface area contributed by atoms with Crippen molar-refractivity contribution < 1.29 is 44.5 Å². The number of aliphatic hydroxyl groups is 3. The lowest BCUT2D eigenvalue weighted by Gasteiger charge is -2.58. The highest BCUT2D eigenvalue weighted by molar-refractivity contribution is 6.03. The van der Waals surface area contributed by atoms with Crippen LogP contribution >= 0.6 is 0 Å². The molecule has 2 aliphatic carbocycles. The van der Waals surface area contributed by atoms with Crippen LogP contribution in [0.3, 0.4) is 0 Å². The second kappa shape index (κ2) is 17.8. The Kier molecular flexibility index (Phi) is 12.9. The number of rotatable bonds is 17. The molecule has 5 N–H and O–H groups in total. The Hall–Kier alpha value is -4.73. The molecule has 0 aromatic heterocycles. The van der Waals surface area contributed by atoms with Gasteiger partial charge in [-0.05, 0) is 91.8 Å². The molecule has 2 aromatic carbocycles. The van der Waals surface area contributed by atoms with Crippen molar-refractivity contribution >= 4 is 23.3 Å². The first-order valence-corrected chi connectivity index (χ1v) is 19.4. The minimum Gasteiger partial charge on any atom is -0.508 e. The van der Waals surface area contributed by atoms with Crippen molar-refractivity contribution in [3.8, 4) is 11.5 Å². The summed E-state index contributed by atoms with van der Waals surface area (Å²) in [6, 6.07) is 9.46. The normalized spacial score (nSPS) is 26.1. The number of amides is 3. The number of allylic oxidation sites excluding steroid dienone is 1. The number of aliphatic hydroxyl groups excluding tert-OH is 2. The number of nitro groups is 1. The van der Waals surface area contributed by atoms with Gasteiger partial charge in [-0.15, -0.1) is 0 Å². The highest BCUT2D eigenvalue weighted by Crippen LogP contribution is 2.60. The van der Waals surface area contributed by atoms with E-state index in [0.29, 0.717) is 68.8 Å². The lowest BCUT2D eigenvalue weighted by molar-refractivity contribution is -0.384. The quantitative estimate of drug-likeness (QED) is 0.0861. The molecule has 15 heteroatoms. The van der Waals surface area contributed by atoms with Crippen LogP contribution in [0.4, 0.5) is 10.5 Å². The molecule has 15 nitrogen and oxygen atoms in total. The molecule has 6 rings (SSSR count). The van der Waals surface area contributed by atoms with Gasteiger partial charge in [0.1, 0.15) is 24.1 Å². The summed E-state index contributed by atoms with van der Waals surface area (Å²) in [6.07, 6.45) is 8.32. The van der Waals surface area contributed by atoms with Gasteiger partial charge in [0.05, 0.1) is 16.6 Å². The number of fused-ring (bicyclic) bond motifs is 2. The number of urea groups is 1. The number of phenols is 1. The molecule has 1 saturated carbocycles. The molecule has 0 spiro atoms. The molecule has 3 amide bonds. The molecular formula is C40H53N5O10. The standard InChI is InChI=1S/C40H53N5O10/c1-43(39(50)41-17-7-19-44-18-6-10-36(44)49)35-24-33(42-54-25-26-11-13-28(14-12-26)45(52)53)31-22-27(8-2-4-20-46)30(9-3-5-21-47)37-32-23-29(48)15-16-34(32)55-40(35,51)38(31)37/h11-16,22-23,27,30,35,37-38,46-48,51H,2-10,17-21,24-25H2,1H3,(H,41,50)/t27-,30+,35-,37+,38+,40+/m0/s1. The predicted octanol–water partition coefficient (Wildman–Crippen LogP) is 4.58. The fourth-order valence-electron chi connectivity index (χ4n) is 8.93. The zero-order valence-electron chi connectivity index (χ0n) is 31.3. The SMILES string of the molecule is CN(C(=O)NCCCN1CCCC1=O)[C@H]1CC(=NOCc2ccc([N+](=O)[O-])cc2)C2=C[C@H](CCCCO)[C@@H](CCCCO)[C@@H]3c4cc(O)ccc4O[C@@]1(O)[C@H]23. The van der Waals surface area contributed by atoms with Crippen LogP contribution in [0.25, 0.3) is 0 Å². The summed E-state index contributed by atoms with van der Waals surface area (Å²) in [5, 5.41) is 61.9. The van der Waals surface area contributed by atoms with E-state index in [0.717, 1.165) is 36.8 Å². The summed E-state index contributed by atoms with van der Waals surface area (Å²) in [7, 11) is 1.61. The van der Waals surface area contributed by atoms with Gasteiger partial charge in [-0.1, -0.05) is 24.1 Å². The van der Waals surface area contributed by atoms with Crippen molar-refractivity contribution in [3.63, 3.8) is 0 Å². The number of benzene rings is 2. The van der Waals surface area contributed by atoms with E-state index < -0.39 is 28.7 Å². The number of aromatic hydroxyl groups is 1. The van der Waals surface area contributed by atoms with Crippen LogP contribution in [0.5, 0.6) is 11.5 Å². The molecule has 6 atom stereocenters. The number of phenolic OH excluding ortho intramolecular Hbond substituents is 1. The van der Waals surface area contributed by atoms with E-state index in [-0.39, 0.29) is 61.3 Å². The number of hydrogen-bond acceptors (Lipinski definition) is 11. The summed E-state index contributed by atoms with van der Waals surface area (Å²) in [5.74, 6) is -2.51. The number of ether oxygens (including phenoxy) is 1. The average molecular weight is 764 g/mol. The van der Waals surface area contributed by atoms with Gasteiger partial charge in [0.2, 0.25) is 11.7 Å². The number of nitro benzene ring substituents is 1. The van der Waals surface area contributed by atoms with E-state index in [1.165, 1.54) is 23.1 Å². The number of carbonyl (C=O) groups is 2. The van der Waals surface area contributed by atoms with Gasteiger partial charge in [-0.3, -0.25) is 14.9 Å². The zero-order chi connectivity index (χ0) is 39.1. The summed E-state index contributed by atoms with van der Waals surface area (Å²) < 4.78 is 6.58. The van der Waals surface area contributed by atoms with E-state index in [1.807, 2.05) is 0 Å². The fraction of sp³-hybridized carbons (Fsp3) is 0.575. The lowest BCUT2D eigenvalue weighted by Crippen LogP contribution is -2.69. The van der Waals surface area contributed by atoms with Crippen molar-refractivity contribution in [2.75, 3.05) is 39.9 Å². The Bertz CT molecular complexity index is 1750. The lowest BCUT2D eigenvalue weighted by atomic mass is 9.55. The van der Waals surface area contributed by atoms with Crippen LogP contribution in [0.15, 0.2) is 59.3 Å². The van der Waals surface area contributed by atoms with Gasteiger partial charge >= 0.3 is 6.03 Å². The van der Waals surface area contributed by atoms with Crippen LogP contribution in [0, 0.1) is 27.9 Å². The maximum absolute atomic E-state index is 13.8. The third kappa shape index (κ3) is 8.73. The van der Waals surface area contributed by atoms with Crippen LogP contribution in [-0.2, 0) is 16.2 Å². The summed E-state index contributed by atoms with van der Waals surface area (Å²) >= 11 is 0. The first-order chi connectivity index (χ1) is 26.5. The van der Waals surface area contributed by atoms with Crippen LogP contribution in [0.2, 0.25) is 0 Å². The number of carbonyl (C=O) groups excluding carboxylic acids is 2. The van der Waals surface area contributed by atoms with Gasteiger partial charge in [0, 0.05) is 76.4 Å².